The Morgan fingerprint density at radius 1 is 0.933 bits per heavy atom. The zero-order valence-corrected chi connectivity index (χ0v) is 18.8. The third-order valence-electron chi connectivity index (χ3n) is 4.88. The Balaban J connectivity index is 1.97. The van der Waals surface area contributed by atoms with E-state index in [1.165, 1.54) is 29.6 Å². The van der Waals surface area contributed by atoms with Crippen LogP contribution in [0.25, 0.3) is 0 Å². The fraction of sp³-hybridized carbons (Fsp3) is 0.174. The highest BCUT2D eigenvalue weighted by Crippen LogP contribution is 2.28. The van der Waals surface area contributed by atoms with Crippen molar-refractivity contribution in [1.29, 1.82) is 0 Å². The van der Waals surface area contributed by atoms with E-state index in [0.29, 0.717) is 11.4 Å². The van der Waals surface area contributed by atoms with Crippen LogP contribution in [0.1, 0.15) is 27.0 Å². The molecule has 156 valence electrons. The first-order valence-electron chi connectivity index (χ1n) is 9.34. The Labute approximate surface area is 182 Å². The van der Waals surface area contributed by atoms with E-state index in [1.807, 2.05) is 39.0 Å². The molecule has 1 N–H and O–H groups in total. The monoisotopic (exact) mass is 442 g/mol. The average Bonchev–Trinajstić information content (AvgIpc) is 2.70. The molecule has 0 bridgehead atoms. The summed E-state index contributed by atoms with van der Waals surface area (Å²) in [5.41, 5.74) is 4.24. The first-order valence-corrected chi connectivity index (χ1v) is 11.2. The number of hydrogen-bond acceptors (Lipinski definition) is 3. The molecule has 0 fully saturated rings. The van der Waals surface area contributed by atoms with Crippen LogP contribution in [0, 0.1) is 20.8 Å². The molecule has 7 heteroatoms. The van der Waals surface area contributed by atoms with Crippen LogP contribution in [0.2, 0.25) is 5.02 Å². The first kappa shape index (κ1) is 21.9. The van der Waals surface area contributed by atoms with Crippen molar-refractivity contribution >= 4 is 38.9 Å². The number of nitrogens with one attached hydrogen (secondary N) is 1. The molecule has 3 rings (SSSR count). The fourth-order valence-corrected chi connectivity index (χ4v) is 4.76. The topological polar surface area (TPSA) is 66.5 Å². The van der Waals surface area contributed by atoms with Crippen molar-refractivity contribution in [3.05, 3.63) is 87.9 Å². The van der Waals surface area contributed by atoms with Gasteiger partial charge in [0.05, 0.1) is 21.2 Å². The van der Waals surface area contributed by atoms with Gasteiger partial charge >= 0.3 is 0 Å². The Morgan fingerprint density at radius 2 is 1.53 bits per heavy atom. The predicted octanol–water partition coefficient (Wildman–Crippen LogP) is 5.34. The lowest BCUT2D eigenvalue weighted by Crippen LogP contribution is -2.27. The number of nitrogens with zero attached hydrogens (tertiary/aromatic N) is 1. The number of para-hydroxylation sites is 1. The van der Waals surface area contributed by atoms with Gasteiger partial charge in [0.25, 0.3) is 15.9 Å². The lowest BCUT2D eigenvalue weighted by Gasteiger charge is -2.20. The maximum absolute atomic E-state index is 13.1. The van der Waals surface area contributed by atoms with E-state index < -0.39 is 15.9 Å². The number of benzene rings is 3. The highest BCUT2D eigenvalue weighted by molar-refractivity contribution is 7.92. The molecule has 3 aromatic carbocycles. The fourth-order valence-electron chi connectivity index (χ4n) is 3.33. The minimum Gasteiger partial charge on any atom is -0.321 e. The van der Waals surface area contributed by atoms with Crippen LogP contribution in [0.5, 0.6) is 0 Å². The smallest absolute Gasteiger partial charge is 0.264 e. The molecule has 0 unspecified atom stereocenters. The Morgan fingerprint density at radius 3 is 2.13 bits per heavy atom. The summed E-state index contributed by atoms with van der Waals surface area (Å²) in [7, 11) is -2.39. The summed E-state index contributed by atoms with van der Waals surface area (Å²) in [6.07, 6.45) is 0. The zero-order chi connectivity index (χ0) is 22.1. The average molecular weight is 443 g/mol. The van der Waals surface area contributed by atoms with E-state index in [1.54, 1.807) is 24.3 Å². The molecule has 5 nitrogen and oxygen atoms in total. The molecule has 0 heterocycles. The van der Waals surface area contributed by atoms with Gasteiger partial charge in [-0.25, -0.2) is 8.42 Å². The van der Waals surface area contributed by atoms with Gasteiger partial charge in [0.2, 0.25) is 0 Å². The van der Waals surface area contributed by atoms with Gasteiger partial charge in [-0.2, -0.15) is 0 Å². The van der Waals surface area contributed by atoms with Gasteiger partial charge in [-0.3, -0.25) is 9.10 Å². The normalized spacial score (nSPS) is 11.2. The maximum Gasteiger partial charge on any atom is 0.264 e. The molecule has 0 spiro atoms. The van der Waals surface area contributed by atoms with Crippen molar-refractivity contribution < 1.29 is 13.2 Å². The van der Waals surface area contributed by atoms with E-state index >= 15 is 0 Å². The number of anilines is 2. The maximum atomic E-state index is 13.1. The number of carbonyl (C=O) groups is 1. The van der Waals surface area contributed by atoms with E-state index in [0.717, 1.165) is 16.7 Å². The quantitative estimate of drug-likeness (QED) is 0.579. The highest BCUT2D eigenvalue weighted by atomic mass is 35.5. The lowest BCUT2D eigenvalue weighted by atomic mass is 10.0. The molecule has 0 atom stereocenters. The molecule has 0 radical (unpaired) electrons. The summed E-state index contributed by atoms with van der Waals surface area (Å²) < 4.78 is 27.3. The van der Waals surface area contributed by atoms with Gasteiger partial charge in [0.15, 0.2) is 0 Å². The lowest BCUT2D eigenvalue weighted by molar-refractivity contribution is 0.102. The molecule has 0 saturated carbocycles. The molecule has 1 amide bonds. The minimum atomic E-state index is -3.86. The SMILES string of the molecule is Cc1cc(C)c(NC(=O)c2cc(S(=O)(=O)N(C)c3ccccc3)ccc2Cl)c(C)c1. The molecule has 0 aliphatic rings. The number of sulfonamides is 1. The highest BCUT2D eigenvalue weighted by Gasteiger charge is 2.24. The molecular formula is C23H23ClN2O3S. The largest absolute Gasteiger partial charge is 0.321 e. The summed E-state index contributed by atoms with van der Waals surface area (Å²) in [5.74, 6) is -0.463. The second kappa shape index (κ2) is 8.50. The summed E-state index contributed by atoms with van der Waals surface area (Å²) in [6, 6.07) is 16.8. The van der Waals surface area contributed by atoms with E-state index in [-0.39, 0.29) is 15.5 Å². The second-order valence-electron chi connectivity index (χ2n) is 7.18. The van der Waals surface area contributed by atoms with Crippen LogP contribution in [-0.2, 0) is 10.0 Å². The van der Waals surface area contributed by atoms with Gasteiger partial charge in [0.1, 0.15) is 0 Å². The molecule has 0 aromatic heterocycles. The molecule has 0 aliphatic carbocycles. The zero-order valence-electron chi connectivity index (χ0n) is 17.2. The van der Waals surface area contributed by atoms with Crippen molar-refractivity contribution in [2.24, 2.45) is 0 Å². The van der Waals surface area contributed by atoms with Crippen molar-refractivity contribution in [2.45, 2.75) is 25.7 Å². The molecule has 0 aliphatic heterocycles. The van der Waals surface area contributed by atoms with Gasteiger partial charge in [-0.1, -0.05) is 47.5 Å². The predicted molar refractivity (Wildman–Crippen MR) is 122 cm³/mol. The van der Waals surface area contributed by atoms with Gasteiger partial charge < -0.3 is 5.32 Å². The van der Waals surface area contributed by atoms with Crippen LogP contribution in [0.15, 0.2) is 65.6 Å². The minimum absolute atomic E-state index is 0.0132. The van der Waals surface area contributed by atoms with Gasteiger partial charge in [0, 0.05) is 12.7 Å². The summed E-state index contributed by atoms with van der Waals surface area (Å²) in [5, 5.41) is 3.05. The van der Waals surface area contributed by atoms with Gasteiger partial charge in [-0.15, -0.1) is 0 Å². The Kier molecular flexibility index (Phi) is 6.19. The number of hydrogen-bond donors (Lipinski definition) is 1. The summed E-state index contributed by atoms with van der Waals surface area (Å²) in [6.45, 7) is 5.81. The van der Waals surface area contributed by atoms with Gasteiger partial charge in [-0.05, 0) is 62.2 Å². The van der Waals surface area contributed by atoms with Crippen molar-refractivity contribution in [3.63, 3.8) is 0 Å². The summed E-state index contributed by atoms with van der Waals surface area (Å²) in [4.78, 5) is 12.9. The third kappa shape index (κ3) is 4.35. The standard InChI is InChI=1S/C23H23ClN2O3S/c1-15-12-16(2)22(17(3)13-15)25-23(27)20-14-19(10-11-21(20)24)30(28,29)26(4)18-8-6-5-7-9-18/h5-14H,1-4H3,(H,25,27). The van der Waals surface area contributed by atoms with Crippen molar-refractivity contribution in [3.8, 4) is 0 Å². The molecule has 0 saturated heterocycles. The first-order chi connectivity index (χ1) is 14.1. The van der Waals surface area contributed by atoms with Crippen molar-refractivity contribution in [2.75, 3.05) is 16.7 Å². The van der Waals surface area contributed by atoms with Crippen LogP contribution >= 0.6 is 11.6 Å². The van der Waals surface area contributed by atoms with E-state index in [9.17, 15) is 13.2 Å². The van der Waals surface area contributed by atoms with Crippen LogP contribution in [0.3, 0.4) is 0 Å². The number of rotatable bonds is 5. The Bertz CT molecular complexity index is 1190. The number of aryl methyl sites for hydroxylation is 3. The Hall–Kier alpha value is -2.83. The molecule has 3 aromatic rings. The molecule has 30 heavy (non-hydrogen) atoms. The third-order valence-corrected chi connectivity index (χ3v) is 6.99. The van der Waals surface area contributed by atoms with Crippen molar-refractivity contribution in [1.82, 2.24) is 0 Å². The molecular weight excluding hydrogens is 420 g/mol. The van der Waals surface area contributed by atoms with E-state index in [4.69, 9.17) is 11.6 Å². The number of carbonyl (C=O) groups excluding carboxylic acids is 1. The number of amides is 1. The summed E-state index contributed by atoms with van der Waals surface area (Å²) >= 11 is 6.24. The number of halogens is 1. The van der Waals surface area contributed by atoms with Crippen LogP contribution in [0.4, 0.5) is 11.4 Å². The van der Waals surface area contributed by atoms with Crippen LogP contribution in [-0.4, -0.2) is 21.4 Å². The van der Waals surface area contributed by atoms with Crippen LogP contribution < -0.4 is 9.62 Å². The van der Waals surface area contributed by atoms with E-state index in [2.05, 4.69) is 5.32 Å². The second-order valence-corrected chi connectivity index (χ2v) is 9.55.